The smallest absolute Gasteiger partial charge is 0.137 e. The molecule has 0 spiro atoms. The third-order valence-electron chi connectivity index (χ3n) is 4.48. The highest BCUT2D eigenvalue weighted by atomic mass is 35.5. The van der Waals surface area contributed by atoms with E-state index < -0.39 is 11.5 Å². The number of nitrogens with zero attached hydrogens (tertiary/aromatic N) is 1. The van der Waals surface area contributed by atoms with Gasteiger partial charge in [-0.05, 0) is 30.5 Å². The number of rotatable bonds is 3. The zero-order valence-electron chi connectivity index (χ0n) is 12.4. The van der Waals surface area contributed by atoms with Crippen molar-refractivity contribution in [3.8, 4) is 11.8 Å². The Morgan fingerprint density at radius 1 is 1.24 bits per heavy atom. The minimum absolute atomic E-state index is 0.466. The molecule has 1 N–H and O–H groups in total. The van der Waals surface area contributed by atoms with E-state index in [2.05, 4.69) is 6.07 Å². The van der Waals surface area contributed by atoms with Crippen molar-refractivity contribution in [2.45, 2.75) is 51.0 Å². The molecule has 1 aliphatic carbocycles. The van der Waals surface area contributed by atoms with Gasteiger partial charge in [0.25, 0.3) is 0 Å². The van der Waals surface area contributed by atoms with Crippen LogP contribution in [0.4, 0.5) is 0 Å². The maximum Gasteiger partial charge on any atom is 0.137 e. The molecular formula is C17H22ClNO2. The Balaban J connectivity index is 2.28. The van der Waals surface area contributed by atoms with E-state index >= 15 is 0 Å². The minimum Gasteiger partial charge on any atom is -0.495 e. The van der Waals surface area contributed by atoms with Crippen molar-refractivity contribution in [3.05, 3.63) is 28.8 Å². The molecule has 4 heteroatoms. The fourth-order valence-corrected chi connectivity index (χ4v) is 3.42. The summed E-state index contributed by atoms with van der Waals surface area (Å²) in [6, 6.07) is 7.66. The van der Waals surface area contributed by atoms with Gasteiger partial charge in [0, 0.05) is 0 Å². The first kappa shape index (κ1) is 16.1. The predicted molar refractivity (Wildman–Crippen MR) is 83.3 cm³/mol. The van der Waals surface area contributed by atoms with Crippen molar-refractivity contribution in [3.63, 3.8) is 0 Å². The average Bonchev–Trinajstić information content (AvgIpc) is 2.47. The molecular weight excluding hydrogens is 286 g/mol. The summed E-state index contributed by atoms with van der Waals surface area (Å²) in [7, 11) is 1.56. The van der Waals surface area contributed by atoms with E-state index in [1.165, 1.54) is 6.42 Å². The van der Waals surface area contributed by atoms with E-state index in [0.717, 1.165) is 38.5 Å². The molecule has 0 heterocycles. The second kappa shape index (κ2) is 7.15. The third kappa shape index (κ3) is 3.51. The van der Waals surface area contributed by atoms with Gasteiger partial charge in [0.15, 0.2) is 0 Å². The predicted octanol–water partition coefficient (Wildman–Crippen LogP) is 4.64. The van der Waals surface area contributed by atoms with Gasteiger partial charge >= 0.3 is 0 Å². The monoisotopic (exact) mass is 307 g/mol. The van der Waals surface area contributed by atoms with Crippen LogP contribution in [0.2, 0.25) is 5.02 Å². The van der Waals surface area contributed by atoms with Gasteiger partial charge in [-0.2, -0.15) is 5.26 Å². The van der Waals surface area contributed by atoms with Crippen LogP contribution in [0.3, 0.4) is 0 Å². The summed E-state index contributed by atoms with van der Waals surface area (Å²) in [5, 5.41) is 20.9. The number of methoxy groups -OCH3 is 1. The van der Waals surface area contributed by atoms with Crippen molar-refractivity contribution < 1.29 is 9.84 Å². The van der Waals surface area contributed by atoms with Gasteiger partial charge in [-0.25, -0.2) is 0 Å². The second-order valence-corrected chi connectivity index (χ2v) is 6.24. The lowest BCUT2D eigenvalue weighted by Crippen LogP contribution is -2.28. The van der Waals surface area contributed by atoms with E-state index in [0.29, 0.717) is 16.3 Å². The molecule has 3 nitrogen and oxygen atoms in total. The van der Waals surface area contributed by atoms with Crippen LogP contribution in [0.1, 0.15) is 56.6 Å². The SMILES string of the molecule is COc1ccc(C(O)C2(C#N)CCCCCCC2)cc1Cl. The lowest BCUT2D eigenvalue weighted by atomic mass is 9.71. The lowest BCUT2D eigenvalue weighted by molar-refractivity contribution is 0.0434. The van der Waals surface area contributed by atoms with Gasteiger partial charge < -0.3 is 9.84 Å². The largest absolute Gasteiger partial charge is 0.495 e. The molecule has 1 saturated carbocycles. The molecule has 1 atom stereocenters. The number of hydrogen-bond donors (Lipinski definition) is 1. The summed E-state index contributed by atoms with van der Waals surface area (Å²) in [6.07, 6.45) is 6.18. The van der Waals surface area contributed by atoms with Crippen LogP contribution in [0.15, 0.2) is 18.2 Å². The zero-order valence-corrected chi connectivity index (χ0v) is 13.2. The molecule has 0 saturated heterocycles. The van der Waals surface area contributed by atoms with Crippen LogP contribution < -0.4 is 4.74 Å². The summed E-state index contributed by atoms with van der Waals surface area (Å²) in [5.74, 6) is 0.580. The van der Waals surface area contributed by atoms with Gasteiger partial charge in [-0.1, -0.05) is 49.8 Å². The number of aliphatic hydroxyl groups excluding tert-OH is 1. The normalized spacial score (nSPS) is 19.9. The third-order valence-corrected chi connectivity index (χ3v) is 4.78. The van der Waals surface area contributed by atoms with E-state index in [4.69, 9.17) is 16.3 Å². The van der Waals surface area contributed by atoms with Gasteiger partial charge in [0.2, 0.25) is 0 Å². The Kier molecular flexibility index (Phi) is 5.50. The fourth-order valence-electron chi connectivity index (χ4n) is 3.15. The van der Waals surface area contributed by atoms with Gasteiger partial charge in [0.05, 0.1) is 29.7 Å². The van der Waals surface area contributed by atoms with Crippen molar-refractivity contribution in [2.24, 2.45) is 5.41 Å². The molecule has 1 aromatic carbocycles. The van der Waals surface area contributed by atoms with E-state index in [-0.39, 0.29) is 0 Å². The number of nitriles is 1. The highest BCUT2D eigenvalue weighted by Crippen LogP contribution is 2.45. The summed E-state index contributed by atoms with van der Waals surface area (Å²) >= 11 is 6.14. The number of hydrogen-bond acceptors (Lipinski definition) is 3. The summed E-state index contributed by atoms with van der Waals surface area (Å²) in [4.78, 5) is 0. The molecule has 1 aliphatic rings. The number of benzene rings is 1. The molecule has 0 aliphatic heterocycles. The fraction of sp³-hybridized carbons (Fsp3) is 0.588. The molecule has 0 bridgehead atoms. The molecule has 114 valence electrons. The lowest BCUT2D eigenvalue weighted by Gasteiger charge is -2.33. The first-order valence-corrected chi connectivity index (χ1v) is 7.93. The number of ether oxygens (including phenoxy) is 1. The highest BCUT2D eigenvalue weighted by molar-refractivity contribution is 6.32. The van der Waals surface area contributed by atoms with Crippen LogP contribution in [0, 0.1) is 16.7 Å². The minimum atomic E-state index is -0.802. The number of halogens is 1. The van der Waals surface area contributed by atoms with Crippen molar-refractivity contribution in [1.82, 2.24) is 0 Å². The van der Waals surface area contributed by atoms with E-state index in [9.17, 15) is 10.4 Å². The van der Waals surface area contributed by atoms with Crippen LogP contribution in [-0.2, 0) is 0 Å². The van der Waals surface area contributed by atoms with Gasteiger partial charge in [0.1, 0.15) is 5.75 Å². The van der Waals surface area contributed by atoms with Crippen molar-refractivity contribution in [2.75, 3.05) is 7.11 Å². The summed E-state index contributed by atoms with van der Waals surface area (Å²) in [5.41, 5.74) is 0.00106. The highest BCUT2D eigenvalue weighted by Gasteiger charge is 2.39. The topological polar surface area (TPSA) is 53.2 Å². The molecule has 1 unspecified atom stereocenters. The first-order chi connectivity index (χ1) is 10.1. The quantitative estimate of drug-likeness (QED) is 0.885. The standard InChI is InChI=1S/C17H22ClNO2/c1-21-15-8-7-13(11-14(15)18)16(20)17(12-19)9-5-3-2-4-6-10-17/h7-8,11,16,20H,2-6,9-10H2,1H3. The first-order valence-electron chi connectivity index (χ1n) is 7.56. The Hall–Kier alpha value is -1.24. The van der Waals surface area contributed by atoms with Crippen LogP contribution in [0.25, 0.3) is 0 Å². The van der Waals surface area contributed by atoms with Crippen LogP contribution >= 0.6 is 11.6 Å². The van der Waals surface area contributed by atoms with Crippen molar-refractivity contribution in [1.29, 1.82) is 5.26 Å². The molecule has 1 aromatic rings. The molecule has 1 fully saturated rings. The van der Waals surface area contributed by atoms with Crippen LogP contribution in [-0.4, -0.2) is 12.2 Å². The molecule has 21 heavy (non-hydrogen) atoms. The molecule has 2 rings (SSSR count). The summed E-state index contributed by atoms with van der Waals surface area (Å²) < 4.78 is 5.13. The molecule has 0 radical (unpaired) electrons. The average molecular weight is 308 g/mol. The molecule has 0 aromatic heterocycles. The Morgan fingerprint density at radius 3 is 2.38 bits per heavy atom. The Bertz CT molecular complexity index is 516. The Labute approximate surface area is 131 Å². The van der Waals surface area contributed by atoms with E-state index in [1.54, 1.807) is 25.3 Å². The summed E-state index contributed by atoms with van der Waals surface area (Å²) in [6.45, 7) is 0. The zero-order chi connectivity index (χ0) is 15.3. The van der Waals surface area contributed by atoms with Crippen molar-refractivity contribution >= 4 is 11.6 Å². The number of aliphatic hydroxyl groups is 1. The maximum absolute atomic E-state index is 10.8. The Morgan fingerprint density at radius 2 is 1.86 bits per heavy atom. The van der Waals surface area contributed by atoms with Gasteiger partial charge in [-0.3, -0.25) is 0 Å². The second-order valence-electron chi connectivity index (χ2n) is 5.83. The van der Waals surface area contributed by atoms with E-state index in [1.807, 2.05) is 0 Å². The maximum atomic E-state index is 10.8. The molecule has 0 amide bonds. The van der Waals surface area contributed by atoms with Crippen LogP contribution in [0.5, 0.6) is 5.75 Å². The van der Waals surface area contributed by atoms with Gasteiger partial charge in [-0.15, -0.1) is 0 Å².